The molecule has 1 aliphatic heterocycles. The molecular formula is C19H19F3N4O4S. The summed E-state index contributed by atoms with van der Waals surface area (Å²) >= 11 is 1.40. The van der Waals surface area contributed by atoms with Crippen LogP contribution in [0.3, 0.4) is 0 Å². The van der Waals surface area contributed by atoms with Crippen molar-refractivity contribution >= 4 is 34.9 Å². The Hall–Kier alpha value is -3.02. The number of rotatable bonds is 4. The van der Waals surface area contributed by atoms with E-state index < -0.39 is 12.1 Å². The lowest BCUT2D eigenvalue weighted by atomic mass is 10.1. The topological polar surface area (TPSA) is 112 Å². The zero-order chi connectivity index (χ0) is 22.6. The van der Waals surface area contributed by atoms with E-state index >= 15 is 0 Å². The first-order valence-corrected chi connectivity index (χ1v) is 10.3. The Kier molecular flexibility index (Phi) is 6.88. The van der Waals surface area contributed by atoms with Crippen molar-refractivity contribution in [2.75, 3.05) is 11.4 Å². The van der Waals surface area contributed by atoms with Crippen LogP contribution in [0.1, 0.15) is 39.5 Å². The number of thiazole rings is 1. The first-order chi connectivity index (χ1) is 14.7. The van der Waals surface area contributed by atoms with Gasteiger partial charge in [-0.1, -0.05) is 6.07 Å². The summed E-state index contributed by atoms with van der Waals surface area (Å²) in [5.74, 6) is -1.91. The number of nitrogens with one attached hydrogen (secondary N) is 1. The summed E-state index contributed by atoms with van der Waals surface area (Å²) in [6.07, 6.45) is 2.12. The van der Waals surface area contributed by atoms with Gasteiger partial charge in [-0.3, -0.25) is 19.5 Å². The van der Waals surface area contributed by atoms with Crippen molar-refractivity contribution in [3.05, 3.63) is 40.0 Å². The molecule has 3 heterocycles. The maximum atomic E-state index is 12.4. The standard InChI is InChI=1S/C17H18N4O2S.C2HF3O2/c22-15(19-10-11-3-1-7-18-9-11)16-20-14-13(24-16)4-2-8-21(14)17(23)12-5-6-12;3-2(4,5)1(6)7/h1,3,7,9,12H,2,4-6,8,10H2,(H,19,22);(H,6,7). The van der Waals surface area contributed by atoms with Crippen LogP contribution in [0.15, 0.2) is 24.5 Å². The minimum absolute atomic E-state index is 0.167. The zero-order valence-electron chi connectivity index (χ0n) is 16.2. The normalized spacial score (nSPS) is 15.4. The van der Waals surface area contributed by atoms with Crippen molar-refractivity contribution in [2.24, 2.45) is 5.92 Å². The molecule has 2 N–H and O–H groups in total. The Balaban J connectivity index is 0.000000339. The number of nitrogens with zero attached hydrogens (tertiary/aromatic N) is 3. The van der Waals surface area contributed by atoms with E-state index in [-0.39, 0.29) is 17.7 Å². The molecule has 0 unspecified atom stereocenters. The number of hydrogen-bond donors (Lipinski definition) is 2. The summed E-state index contributed by atoms with van der Waals surface area (Å²) in [5, 5.41) is 10.4. The lowest BCUT2D eigenvalue weighted by molar-refractivity contribution is -0.192. The predicted octanol–water partition coefficient (Wildman–Crippen LogP) is 2.79. The number of hydrogen-bond acceptors (Lipinski definition) is 6. The molecule has 12 heteroatoms. The zero-order valence-corrected chi connectivity index (χ0v) is 17.0. The highest BCUT2D eigenvalue weighted by atomic mass is 32.1. The molecule has 2 aromatic rings. The summed E-state index contributed by atoms with van der Waals surface area (Å²) in [4.78, 5) is 45.0. The second-order valence-corrected chi connectivity index (χ2v) is 8.06. The van der Waals surface area contributed by atoms with Crippen LogP contribution in [0.2, 0.25) is 0 Å². The minimum atomic E-state index is -5.08. The van der Waals surface area contributed by atoms with Gasteiger partial charge >= 0.3 is 12.1 Å². The fourth-order valence-electron chi connectivity index (χ4n) is 2.84. The quantitative estimate of drug-likeness (QED) is 0.732. The molecule has 0 atom stereocenters. The molecule has 0 spiro atoms. The first-order valence-electron chi connectivity index (χ1n) is 9.45. The largest absolute Gasteiger partial charge is 0.490 e. The van der Waals surface area contributed by atoms with E-state index in [0.29, 0.717) is 23.9 Å². The van der Waals surface area contributed by atoms with Crippen molar-refractivity contribution in [1.29, 1.82) is 0 Å². The summed E-state index contributed by atoms with van der Waals surface area (Å²) in [7, 11) is 0. The maximum Gasteiger partial charge on any atom is 0.490 e. The fraction of sp³-hybridized carbons (Fsp3) is 0.421. The van der Waals surface area contributed by atoms with Crippen LogP contribution in [0.5, 0.6) is 0 Å². The number of halogens is 3. The molecule has 0 radical (unpaired) electrons. The van der Waals surface area contributed by atoms with Gasteiger partial charge in [-0.15, -0.1) is 11.3 Å². The van der Waals surface area contributed by atoms with Crippen LogP contribution in [-0.4, -0.2) is 45.6 Å². The van der Waals surface area contributed by atoms with Crippen LogP contribution in [-0.2, 0) is 22.6 Å². The maximum absolute atomic E-state index is 12.4. The number of aryl methyl sites for hydroxylation is 1. The molecule has 2 aliphatic rings. The minimum Gasteiger partial charge on any atom is -0.475 e. The van der Waals surface area contributed by atoms with E-state index in [2.05, 4.69) is 15.3 Å². The van der Waals surface area contributed by atoms with Crippen LogP contribution < -0.4 is 10.2 Å². The third-order valence-corrected chi connectivity index (χ3v) is 5.63. The van der Waals surface area contributed by atoms with Crippen LogP contribution in [0.25, 0.3) is 0 Å². The molecule has 2 amide bonds. The van der Waals surface area contributed by atoms with Crippen molar-refractivity contribution in [1.82, 2.24) is 15.3 Å². The molecule has 1 aliphatic carbocycles. The van der Waals surface area contributed by atoms with Crippen molar-refractivity contribution < 1.29 is 32.7 Å². The van der Waals surface area contributed by atoms with E-state index in [4.69, 9.17) is 9.90 Å². The van der Waals surface area contributed by atoms with Crippen LogP contribution >= 0.6 is 11.3 Å². The van der Waals surface area contributed by atoms with E-state index in [1.165, 1.54) is 11.3 Å². The lowest BCUT2D eigenvalue weighted by Gasteiger charge is -2.25. The summed E-state index contributed by atoms with van der Waals surface area (Å²) < 4.78 is 31.7. The number of fused-ring (bicyclic) bond motifs is 1. The number of anilines is 1. The highest BCUT2D eigenvalue weighted by Crippen LogP contribution is 2.37. The molecule has 2 aromatic heterocycles. The second kappa shape index (κ2) is 9.41. The first kappa shape index (κ1) is 22.7. The molecule has 0 aromatic carbocycles. The molecule has 1 fully saturated rings. The Labute approximate surface area is 179 Å². The summed E-state index contributed by atoms with van der Waals surface area (Å²) in [5.41, 5.74) is 0.942. The van der Waals surface area contributed by atoms with E-state index in [1.807, 2.05) is 12.1 Å². The lowest BCUT2D eigenvalue weighted by Crippen LogP contribution is -2.36. The number of carboxylic acids is 1. The number of carboxylic acid groups (broad SMARTS) is 1. The number of pyridine rings is 1. The van der Waals surface area contributed by atoms with E-state index in [1.54, 1.807) is 17.3 Å². The smallest absolute Gasteiger partial charge is 0.475 e. The number of amides is 2. The SMILES string of the molecule is O=C(NCc1cccnc1)c1nc2c(s1)CCCN2C(=O)C1CC1.O=C(O)C(F)(F)F. The van der Waals surface area contributed by atoms with Crippen LogP contribution in [0, 0.1) is 5.92 Å². The number of carbonyl (C=O) groups is 3. The number of aliphatic carboxylic acids is 1. The molecule has 8 nitrogen and oxygen atoms in total. The monoisotopic (exact) mass is 456 g/mol. The van der Waals surface area contributed by atoms with Gasteiger partial charge in [0.25, 0.3) is 5.91 Å². The molecule has 0 bridgehead atoms. The van der Waals surface area contributed by atoms with Gasteiger partial charge in [-0.05, 0) is 37.3 Å². The van der Waals surface area contributed by atoms with Gasteiger partial charge in [0.2, 0.25) is 5.91 Å². The average molecular weight is 456 g/mol. The fourth-order valence-corrected chi connectivity index (χ4v) is 3.87. The highest BCUT2D eigenvalue weighted by Gasteiger charge is 2.38. The Morgan fingerprint density at radius 1 is 1.29 bits per heavy atom. The molecule has 1 saturated carbocycles. The second-order valence-electron chi connectivity index (χ2n) is 6.98. The molecule has 4 rings (SSSR count). The van der Waals surface area contributed by atoms with E-state index in [0.717, 1.165) is 36.1 Å². The Morgan fingerprint density at radius 2 is 2.00 bits per heavy atom. The van der Waals surface area contributed by atoms with Gasteiger partial charge in [-0.25, -0.2) is 9.78 Å². The van der Waals surface area contributed by atoms with E-state index in [9.17, 15) is 22.8 Å². The molecule has 31 heavy (non-hydrogen) atoms. The third-order valence-electron chi connectivity index (χ3n) is 4.52. The van der Waals surface area contributed by atoms with Crippen molar-refractivity contribution in [2.45, 2.75) is 38.4 Å². The van der Waals surface area contributed by atoms with Gasteiger partial charge in [0, 0.05) is 36.3 Å². The van der Waals surface area contributed by atoms with Gasteiger partial charge in [0.05, 0.1) is 0 Å². The number of carbonyl (C=O) groups excluding carboxylic acids is 2. The van der Waals surface area contributed by atoms with Gasteiger partial charge in [0.1, 0.15) is 5.82 Å². The predicted molar refractivity (Wildman–Crippen MR) is 105 cm³/mol. The van der Waals surface area contributed by atoms with Gasteiger partial charge < -0.3 is 10.4 Å². The Bertz CT molecular complexity index is 961. The van der Waals surface area contributed by atoms with Gasteiger partial charge in [-0.2, -0.15) is 13.2 Å². The Morgan fingerprint density at radius 3 is 2.58 bits per heavy atom. The molecule has 166 valence electrons. The summed E-state index contributed by atoms with van der Waals surface area (Å²) in [6.45, 7) is 1.13. The third kappa shape index (κ3) is 6.00. The van der Waals surface area contributed by atoms with Crippen molar-refractivity contribution in [3.8, 4) is 0 Å². The number of alkyl halides is 3. The molecule has 0 saturated heterocycles. The molecular weight excluding hydrogens is 437 g/mol. The number of aromatic nitrogens is 2. The average Bonchev–Trinajstić information content (AvgIpc) is 3.49. The van der Waals surface area contributed by atoms with Gasteiger partial charge in [0.15, 0.2) is 5.01 Å². The summed E-state index contributed by atoms with van der Waals surface area (Å²) in [6, 6.07) is 3.75. The highest BCUT2D eigenvalue weighted by molar-refractivity contribution is 7.14. The van der Waals surface area contributed by atoms with Crippen molar-refractivity contribution in [3.63, 3.8) is 0 Å². The van der Waals surface area contributed by atoms with Crippen LogP contribution in [0.4, 0.5) is 19.0 Å².